The minimum atomic E-state index is 0.0530. The molecule has 2 aliphatic rings. The van der Waals surface area contributed by atoms with Gasteiger partial charge in [0, 0.05) is 25.2 Å². The smallest absolute Gasteiger partial charge is 0.256 e. The minimum absolute atomic E-state index is 0.0530. The molecule has 0 saturated carbocycles. The van der Waals surface area contributed by atoms with Gasteiger partial charge < -0.3 is 19.9 Å². The summed E-state index contributed by atoms with van der Waals surface area (Å²) >= 11 is 6.12. The lowest BCUT2D eigenvalue weighted by Crippen LogP contribution is -2.41. The summed E-state index contributed by atoms with van der Waals surface area (Å²) in [5.74, 6) is 0.0530. The molecule has 2 aromatic rings. The zero-order valence-electron chi connectivity index (χ0n) is 11.7. The third-order valence-corrected chi connectivity index (χ3v) is 4.83. The number of nitrogens with two attached hydrogens (primary N) is 1. The Kier molecular flexibility index (Phi) is 2.71. The van der Waals surface area contributed by atoms with E-state index in [0.29, 0.717) is 29.4 Å². The molecule has 0 unspecified atom stereocenters. The Balaban J connectivity index is 1.80. The van der Waals surface area contributed by atoms with Crippen LogP contribution in [0.4, 0.5) is 5.69 Å². The van der Waals surface area contributed by atoms with Gasteiger partial charge in [0.1, 0.15) is 0 Å². The maximum absolute atomic E-state index is 12.8. The van der Waals surface area contributed by atoms with Crippen LogP contribution in [-0.2, 0) is 11.8 Å². The molecule has 2 bridgehead atoms. The van der Waals surface area contributed by atoms with Gasteiger partial charge in [0.2, 0.25) is 0 Å². The van der Waals surface area contributed by atoms with Crippen molar-refractivity contribution in [3.63, 3.8) is 0 Å². The Morgan fingerprint density at radius 2 is 2.29 bits per heavy atom. The van der Waals surface area contributed by atoms with Crippen molar-refractivity contribution in [2.24, 2.45) is 7.05 Å². The number of rotatable bonds is 1. The highest BCUT2D eigenvalue weighted by atomic mass is 35.5. The number of halogens is 1. The van der Waals surface area contributed by atoms with E-state index in [4.69, 9.17) is 22.1 Å². The number of likely N-dealkylation sites (tertiary alicyclic amines) is 1. The van der Waals surface area contributed by atoms with Gasteiger partial charge in [0.05, 0.1) is 40.5 Å². The SMILES string of the molecule is Cn1cc(C(=O)N2C[C@@H]3C[C@H]2CO3)c2cc(Cl)c(N)cc21. The summed E-state index contributed by atoms with van der Waals surface area (Å²) in [6, 6.07) is 3.81. The Bertz CT molecular complexity index is 755. The molecule has 2 N–H and O–H groups in total. The zero-order valence-corrected chi connectivity index (χ0v) is 12.4. The van der Waals surface area contributed by atoms with Crippen molar-refractivity contribution in [1.82, 2.24) is 9.47 Å². The largest absolute Gasteiger partial charge is 0.397 e. The van der Waals surface area contributed by atoms with Gasteiger partial charge in [0.15, 0.2) is 0 Å². The predicted octanol–water partition coefficient (Wildman–Crippen LogP) is 2.03. The molecule has 3 heterocycles. The number of fused-ring (bicyclic) bond motifs is 3. The second kappa shape index (κ2) is 4.39. The molecule has 2 fully saturated rings. The van der Waals surface area contributed by atoms with E-state index in [1.807, 2.05) is 28.8 Å². The average molecular weight is 306 g/mol. The molecule has 6 heteroatoms. The fourth-order valence-electron chi connectivity index (χ4n) is 3.39. The lowest BCUT2D eigenvalue weighted by molar-refractivity contribution is 0.0260. The van der Waals surface area contributed by atoms with Crippen LogP contribution in [0.5, 0.6) is 0 Å². The fourth-order valence-corrected chi connectivity index (χ4v) is 3.56. The summed E-state index contributed by atoms with van der Waals surface area (Å²) in [6.07, 6.45) is 3.01. The number of benzene rings is 1. The first-order valence-electron chi connectivity index (χ1n) is 7.01. The number of hydrogen-bond acceptors (Lipinski definition) is 3. The van der Waals surface area contributed by atoms with Crippen LogP contribution in [0.25, 0.3) is 10.9 Å². The van der Waals surface area contributed by atoms with E-state index in [-0.39, 0.29) is 18.1 Å². The van der Waals surface area contributed by atoms with Gasteiger partial charge in [-0.1, -0.05) is 11.6 Å². The fraction of sp³-hybridized carbons (Fsp3) is 0.400. The van der Waals surface area contributed by atoms with Gasteiger partial charge in [-0.25, -0.2) is 0 Å². The molecule has 110 valence electrons. The van der Waals surface area contributed by atoms with Crippen molar-refractivity contribution in [2.45, 2.75) is 18.6 Å². The third-order valence-electron chi connectivity index (χ3n) is 4.50. The standard InChI is InChI=1S/C15H16ClN3O2/c1-18-6-11(10-3-12(16)13(17)4-14(10)18)15(20)19-5-9-2-8(19)7-21-9/h3-4,6,8-9H,2,5,7,17H2,1H3/t8-,9-/m0/s1. The van der Waals surface area contributed by atoms with E-state index >= 15 is 0 Å². The molecule has 4 rings (SSSR count). The maximum Gasteiger partial charge on any atom is 0.256 e. The van der Waals surface area contributed by atoms with Crippen LogP contribution < -0.4 is 5.73 Å². The number of nitrogen functional groups attached to an aromatic ring is 1. The second-order valence-electron chi connectivity index (χ2n) is 5.85. The van der Waals surface area contributed by atoms with Crippen LogP contribution in [0.1, 0.15) is 16.8 Å². The molecule has 2 atom stereocenters. The van der Waals surface area contributed by atoms with Crippen LogP contribution in [-0.4, -0.2) is 40.7 Å². The van der Waals surface area contributed by atoms with Gasteiger partial charge in [-0.2, -0.15) is 0 Å². The number of amides is 1. The van der Waals surface area contributed by atoms with Crippen molar-refractivity contribution < 1.29 is 9.53 Å². The molecule has 0 radical (unpaired) electrons. The molecule has 2 saturated heterocycles. The summed E-state index contributed by atoms with van der Waals surface area (Å²) in [6.45, 7) is 1.33. The van der Waals surface area contributed by atoms with Gasteiger partial charge in [-0.15, -0.1) is 0 Å². The van der Waals surface area contributed by atoms with Gasteiger partial charge in [0.25, 0.3) is 5.91 Å². The number of nitrogens with zero attached hydrogens (tertiary/aromatic N) is 2. The Hall–Kier alpha value is -1.72. The van der Waals surface area contributed by atoms with Crippen molar-refractivity contribution in [1.29, 1.82) is 0 Å². The number of hydrogen-bond donors (Lipinski definition) is 1. The van der Waals surface area contributed by atoms with Crippen LogP contribution in [0.15, 0.2) is 18.3 Å². The number of carbonyl (C=O) groups excluding carboxylic acids is 1. The Morgan fingerprint density at radius 3 is 2.95 bits per heavy atom. The van der Waals surface area contributed by atoms with Crippen LogP contribution >= 0.6 is 11.6 Å². The molecule has 1 amide bonds. The summed E-state index contributed by atoms with van der Waals surface area (Å²) in [7, 11) is 1.91. The average Bonchev–Trinajstić information content (AvgIpc) is 3.15. The van der Waals surface area contributed by atoms with Gasteiger partial charge in [-0.3, -0.25) is 4.79 Å². The summed E-state index contributed by atoms with van der Waals surface area (Å²) < 4.78 is 7.48. The van der Waals surface area contributed by atoms with E-state index in [0.717, 1.165) is 17.3 Å². The highest BCUT2D eigenvalue weighted by Crippen LogP contribution is 2.33. The lowest BCUT2D eigenvalue weighted by atomic mass is 10.1. The highest BCUT2D eigenvalue weighted by Gasteiger charge is 2.42. The van der Waals surface area contributed by atoms with E-state index in [9.17, 15) is 4.79 Å². The Morgan fingerprint density at radius 1 is 1.48 bits per heavy atom. The summed E-state index contributed by atoms with van der Waals surface area (Å²) in [5.41, 5.74) is 7.98. The molecule has 2 aliphatic heterocycles. The highest BCUT2D eigenvalue weighted by molar-refractivity contribution is 6.34. The third kappa shape index (κ3) is 1.84. The minimum Gasteiger partial charge on any atom is -0.397 e. The molecule has 5 nitrogen and oxygen atoms in total. The van der Waals surface area contributed by atoms with Crippen LogP contribution in [0.2, 0.25) is 5.02 Å². The van der Waals surface area contributed by atoms with Crippen molar-refractivity contribution in [3.05, 3.63) is 28.9 Å². The zero-order chi connectivity index (χ0) is 14.7. The van der Waals surface area contributed by atoms with E-state index < -0.39 is 0 Å². The monoisotopic (exact) mass is 305 g/mol. The van der Waals surface area contributed by atoms with Crippen molar-refractivity contribution >= 4 is 34.1 Å². The van der Waals surface area contributed by atoms with Crippen molar-refractivity contribution in [3.8, 4) is 0 Å². The maximum atomic E-state index is 12.8. The number of aryl methyl sites for hydroxylation is 1. The van der Waals surface area contributed by atoms with Gasteiger partial charge in [-0.05, 0) is 18.6 Å². The lowest BCUT2D eigenvalue weighted by Gasteiger charge is -2.26. The molecule has 1 aromatic carbocycles. The number of ether oxygens (including phenoxy) is 1. The van der Waals surface area contributed by atoms with E-state index in [1.54, 1.807) is 6.07 Å². The first-order chi connectivity index (χ1) is 10.0. The summed E-state index contributed by atoms with van der Waals surface area (Å²) in [4.78, 5) is 14.8. The van der Waals surface area contributed by atoms with Crippen LogP contribution in [0, 0.1) is 0 Å². The quantitative estimate of drug-likeness (QED) is 0.820. The van der Waals surface area contributed by atoms with Crippen LogP contribution in [0.3, 0.4) is 0 Å². The molecule has 21 heavy (non-hydrogen) atoms. The molecule has 1 aromatic heterocycles. The topological polar surface area (TPSA) is 60.5 Å². The van der Waals surface area contributed by atoms with E-state index in [1.165, 1.54) is 0 Å². The number of anilines is 1. The first-order valence-corrected chi connectivity index (χ1v) is 7.39. The number of carbonyl (C=O) groups is 1. The molecular formula is C15H16ClN3O2. The van der Waals surface area contributed by atoms with E-state index in [2.05, 4.69) is 0 Å². The predicted molar refractivity (Wildman–Crippen MR) is 81.5 cm³/mol. The first kappa shape index (κ1) is 13.0. The second-order valence-corrected chi connectivity index (χ2v) is 6.25. The normalized spacial score (nSPS) is 24.2. The molecule has 0 spiro atoms. The summed E-state index contributed by atoms with van der Waals surface area (Å²) in [5, 5.41) is 1.33. The molecule has 0 aliphatic carbocycles. The van der Waals surface area contributed by atoms with Crippen molar-refractivity contribution in [2.75, 3.05) is 18.9 Å². The number of morpholine rings is 1. The molecular weight excluding hydrogens is 290 g/mol. The number of aromatic nitrogens is 1. The Labute approximate surface area is 127 Å². The van der Waals surface area contributed by atoms with Gasteiger partial charge >= 0.3 is 0 Å².